The predicted molar refractivity (Wildman–Crippen MR) is 42.6 cm³/mol. The molecule has 2 N–H and O–H groups in total. The van der Waals surface area contributed by atoms with E-state index in [-0.39, 0.29) is 12.2 Å². The summed E-state index contributed by atoms with van der Waals surface area (Å²) >= 11 is 0. The average molecular weight is 156 g/mol. The van der Waals surface area contributed by atoms with Gasteiger partial charge in [-0.15, -0.1) is 0 Å². The van der Waals surface area contributed by atoms with Gasteiger partial charge in [0.15, 0.2) is 0 Å². The third kappa shape index (κ3) is 7.03. The van der Waals surface area contributed by atoms with Gasteiger partial charge in [-0.1, -0.05) is 13.8 Å². The van der Waals surface area contributed by atoms with Gasteiger partial charge in [-0.3, -0.25) is 9.59 Å². The Morgan fingerprint density at radius 1 is 1.45 bits per heavy atom. The maximum absolute atomic E-state index is 10.8. The average Bonchev–Trinajstić information content (AvgIpc) is 1.82. The predicted octanol–water partition coefficient (Wildman–Crippen LogP) is 0.681. The Hall–Kier alpha value is -0.860. The summed E-state index contributed by atoms with van der Waals surface area (Å²) in [6.07, 6.45) is 2.08. The minimum absolute atomic E-state index is 0.160. The van der Waals surface area contributed by atoms with Crippen LogP contribution in [0.1, 0.15) is 26.7 Å². The lowest BCUT2D eigenvalue weighted by Crippen LogP contribution is -2.16. The molecule has 0 aliphatic rings. The minimum Gasteiger partial charge on any atom is -0.369 e. The van der Waals surface area contributed by atoms with E-state index in [2.05, 4.69) is 0 Å². The van der Waals surface area contributed by atoms with Gasteiger partial charge in [0, 0.05) is 6.42 Å². The van der Waals surface area contributed by atoms with E-state index in [0.717, 1.165) is 0 Å². The normalized spacial score (nSPS) is 10.1. The molecule has 0 saturated heterocycles. The first-order valence-corrected chi connectivity index (χ1v) is 3.66. The smallest absolute Gasteiger partial charge is 0.224 e. The zero-order valence-electron chi connectivity index (χ0n) is 6.96. The van der Waals surface area contributed by atoms with Crippen molar-refractivity contribution in [1.29, 1.82) is 0 Å². The minimum atomic E-state index is -0.560. The van der Waals surface area contributed by atoms with Crippen LogP contribution < -0.4 is 5.73 Å². The molecule has 11 heavy (non-hydrogen) atoms. The third-order valence-corrected chi connectivity index (χ3v) is 1.17. The van der Waals surface area contributed by atoms with Crippen LogP contribution in [-0.4, -0.2) is 11.7 Å². The number of carbonyl (C=O) groups is 2. The van der Waals surface area contributed by atoms with Gasteiger partial charge in [0.1, 0.15) is 5.78 Å². The van der Waals surface area contributed by atoms with Crippen LogP contribution in [0.25, 0.3) is 0 Å². The van der Waals surface area contributed by atoms with Gasteiger partial charge in [0.2, 0.25) is 5.91 Å². The zero-order chi connectivity index (χ0) is 8.85. The Balaban J connectivity index is 3.46. The SMILES string of the molecule is CC(C)C[CH]C(=O)CC(N)=O. The van der Waals surface area contributed by atoms with E-state index >= 15 is 0 Å². The van der Waals surface area contributed by atoms with Crippen LogP contribution in [0.3, 0.4) is 0 Å². The van der Waals surface area contributed by atoms with Crippen molar-refractivity contribution >= 4 is 11.7 Å². The van der Waals surface area contributed by atoms with Crippen LogP contribution in [-0.2, 0) is 9.59 Å². The molecule has 0 bridgehead atoms. The zero-order valence-corrected chi connectivity index (χ0v) is 6.96. The topological polar surface area (TPSA) is 60.2 Å². The van der Waals surface area contributed by atoms with Crippen molar-refractivity contribution in [3.05, 3.63) is 6.42 Å². The Morgan fingerprint density at radius 3 is 2.36 bits per heavy atom. The molecular weight excluding hydrogens is 142 g/mol. The molecule has 0 aromatic rings. The number of amides is 1. The summed E-state index contributed by atoms with van der Waals surface area (Å²) < 4.78 is 0. The molecule has 3 heteroatoms. The Bertz CT molecular complexity index is 152. The summed E-state index contributed by atoms with van der Waals surface area (Å²) in [7, 11) is 0. The molecule has 3 nitrogen and oxygen atoms in total. The lowest BCUT2D eigenvalue weighted by Gasteiger charge is -2.00. The molecule has 0 aromatic carbocycles. The van der Waals surface area contributed by atoms with Crippen molar-refractivity contribution in [2.24, 2.45) is 11.7 Å². The Morgan fingerprint density at radius 2 is 2.00 bits per heavy atom. The van der Waals surface area contributed by atoms with E-state index in [0.29, 0.717) is 12.3 Å². The lowest BCUT2D eigenvalue weighted by atomic mass is 10.0. The van der Waals surface area contributed by atoms with Crippen molar-refractivity contribution in [3.8, 4) is 0 Å². The van der Waals surface area contributed by atoms with Crippen molar-refractivity contribution in [2.45, 2.75) is 26.7 Å². The fraction of sp³-hybridized carbons (Fsp3) is 0.625. The molecule has 0 spiro atoms. The molecule has 0 fully saturated rings. The molecule has 1 amide bonds. The molecule has 1 radical (unpaired) electrons. The van der Waals surface area contributed by atoms with Gasteiger partial charge in [-0.25, -0.2) is 0 Å². The quantitative estimate of drug-likeness (QED) is 0.595. The molecule has 0 atom stereocenters. The first-order valence-electron chi connectivity index (χ1n) is 3.66. The molecule has 0 unspecified atom stereocenters. The first kappa shape index (κ1) is 10.1. The number of rotatable bonds is 5. The Labute approximate surface area is 67.0 Å². The van der Waals surface area contributed by atoms with E-state index in [1.807, 2.05) is 13.8 Å². The van der Waals surface area contributed by atoms with Crippen LogP contribution in [0.15, 0.2) is 0 Å². The van der Waals surface area contributed by atoms with Crippen LogP contribution in [0, 0.1) is 12.3 Å². The summed E-state index contributed by atoms with van der Waals surface area (Å²) in [4.78, 5) is 21.0. The number of hydrogen-bond donors (Lipinski definition) is 1. The maximum Gasteiger partial charge on any atom is 0.224 e. The molecule has 63 valence electrons. The van der Waals surface area contributed by atoms with Crippen LogP contribution in [0.4, 0.5) is 0 Å². The first-order chi connectivity index (χ1) is 5.02. The van der Waals surface area contributed by atoms with Crippen LogP contribution in [0.2, 0.25) is 0 Å². The monoisotopic (exact) mass is 156 g/mol. The summed E-state index contributed by atoms with van der Waals surface area (Å²) in [6.45, 7) is 4.02. The van der Waals surface area contributed by atoms with Crippen LogP contribution in [0.5, 0.6) is 0 Å². The van der Waals surface area contributed by atoms with E-state index in [1.165, 1.54) is 6.42 Å². The second kappa shape index (κ2) is 4.88. The molecular formula is C8H14NO2. The number of carbonyl (C=O) groups excluding carboxylic acids is 2. The highest BCUT2D eigenvalue weighted by atomic mass is 16.2. The highest BCUT2D eigenvalue weighted by Crippen LogP contribution is 2.03. The van der Waals surface area contributed by atoms with Gasteiger partial charge < -0.3 is 5.73 Å². The number of hydrogen-bond acceptors (Lipinski definition) is 2. The fourth-order valence-electron chi connectivity index (χ4n) is 0.611. The fourth-order valence-corrected chi connectivity index (χ4v) is 0.611. The van der Waals surface area contributed by atoms with Crippen LogP contribution >= 0.6 is 0 Å². The number of Topliss-reactive ketones (excluding diaryl/α,β-unsaturated/α-hetero) is 1. The summed E-state index contributed by atoms with van der Waals surface area (Å²) in [5, 5.41) is 0. The molecule has 0 aliphatic carbocycles. The molecule has 0 saturated carbocycles. The van der Waals surface area contributed by atoms with E-state index in [4.69, 9.17) is 5.73 Å². The third-order valence-electron chi connectivity index (χ3n) is 1.17. The maximum atomic E-state index is 10.8. The van der Waals surface area contributed by atoms with E-state index in [1.54, 1.807) is 0 Å². The van der Waals surface area contributed by atoms with Crippen molar-refractivity contribution in [1.82, 2.24) is 0 Å². The van der Waals surface area contributed by atoms with E-state index < -0.39 is 5.91 Å². The molecule has 0 rings (SSSR count). The summed E-state index contributed by atoms with van der Waals surface area (Å²) in [5.41, 5.74) is 4.82. The van der Waals surface area contributed by atoms with Crippen molar-refractivity contribution in [2.75, 3.05) is 0 Å². The lowest BCUT2D eigenvalue weighted by molar-refractivity contribution is -0.124. The number of ketones is 1. The molecule has 0 heterocycles. The standard InChI is InChI=1S/C8H14NO2/c1-6(2)3-4-7(10)5-8(9)11/h4,6H,3,5H2,1-2H3,(H2,9,11). The molecule has 0 aliphatic heterocycles. The van der Waals surface area contributed by atoms with Gasteiger partial charge in [-0.05, 0) is 12.3 Å². The van der Waals surface area contributed by atoms with Gasteiger partial charge in [0.25, 0.3) is 0 Å². The number of nitrogens with two attached hydrogens (primary N) is 1. The van der Waals surface area contributed by atoms with Crippen molar-refractivity contribution < 1.29 is 9.59 Å². The van der Waals surface area contributed by atoms with Gasteiger partial charge in [-0.2, -0.15) is 0 Å². The highest BCUT2D eigenvalue weighted by molar-refractivity contribution is 6.01. The second-order valence-electron chi connectivity index (χ2n) is 2.94. The highest BCUT2D eigenvalue weighted by Gasteiger charge is 2.06. The van der Waals surface area contributed by atoms with Gasteiger partial charge in [0.05, 0.1) is 6.42 Å². The Kier molecular flexibility index (Phi) is 4.50. The summed E-state index contributed by atoms with van der Waals surface area (Å²) in [5.74, 6) is -0.284. The molecule has 0 aromatic heterocycles. The van der Waals surface area contributed by atoms with E-state index in [9.17, 15) is 9.59 Å². The van der Waals surface area contributed by atoms with Gasteiger partial charge >= 0.3 is 0 Å². The van der Waals surface area contributed by atoms with Crippen molar-refractivity contribution in [3.63, 3.8) is 0 Å². The number of primary amides is 1. The second-order valence-corrected chi connectivity index (χ2v) is 2.94. The largest absolute Gasteiger partial charge is 0.369 e. The summed E-state index contributed by atoms with van der Waals surface area (Å²) in [6, 6.07) is 0.